The molecular formula is C18H20N2O2. The van der Waals surface area contributed by atoms with E-state index in [1.54, 1.807) is 12.0 Å². The molecule has 3 rings (SSSR count). The number of ether oxygens (including phenoxy) is 1. The summed E-state index contributed by atoms with van der Waals surface area (Å²) in [7, 11) is 1.65. The standard InChI is InChI=1S/C18H20N2O2/c1-18(2)17(21)20(13-9-5-4-6-10-13)16(19-18)14-11-7-8-12-15(14)22-3/h4-12,16,19H,1-3H3. The fraction of sp³-hybridized carbons (Fsp3) is 0.278. The van der Waals surface area contributed by atoms with E-state index in [4.69, 9.17) is 4.74 Å². The van der Waals surface area contributed by atoms with Gasteiger partial charge in [-0.3, -0.25) is 15.0 Å². The number of nitrogens with zero attached hydrogens (tertiary/aromatic N) is 1. The monoisotopic (exact) mass is 296 g/mol. The Kier molecular flexibility index (Phi) is 3.62. The van der Waals surface area contributed by atoms with Crippen molar-refractivity contribution >= 4 is 11.6 Å². The molecule has 1 saturated heterocycles. The van der Waals surface area contributed by atoms with Gasteiger partial charge in [-0.05, 0) is 32.0 Å². The molecule has 0 spiro atoms. The molecule has 1 aliphatic heterocycles. The van der Waals surface area contributed by atoms with Gasteiger partial charge >= 0.3 is 0 Å². The van der Waals surface area contributed by atoms with Crippen molar-refractivity contribution in [1.82, 2.24) is 5.32 Å². The highest BCUT2D eigenvalue weighted by Crippen LogP contribution is 2.38. The molecule has 1 unspecified atom stereocenters. The topological polar surface area (TPSA) is 41.6 Å². The quantitative estimate of drug-likeness (QED) is 0.946. The number of nitrogens with one attached hydrogen (secondary N) is 1. The highest BCUT2D eigenvalue weighted by Gasteiger charge is 2.46. The molecule has 1 heterocycles. The van der Waals surface area contributed by atoms with Crippen LogP contribution in [0.15, 0.2) is 54.6 Å². The summed E-state index contributed by atoms with van der Waals surface area (Å²) >= 11 is 0. The van der Waals surface area contributed by atoms with E-state index >= 15 is 0 Å². The number of anilines is 1. The number of amides is 1. The molecule has 114 valence electrons. The molecule has 1 N–H and O–H groups in total. The Morgan fingerprint density at radius 2 is 1.68 bits per heavy atom. The summed E-state index contributed by atoms with van der Waals surface area (Å²) in [5.41, 5.74) is 1.20. The smallest absolute Gasteiger partial charge is 0.248 e. The van der Waals surface area contributed by atoms with Gasteiger partial charge in [0.2, 0.25) is 5.91 Å². The Bertz CT molecular complexity index is 682. The van der Waals surface area contributed by atoms with Crippen LogP contribution < -0.4 is 15.0 Å². The van der Waals surface area contributed by atoms with Crippen LogP contribution in [0, 0.1) is 0 Å². The highest BCUT2D eigenvalue weighted by molar-refractivity contribution is 6.02. The molecule has 4 heteroatoms. The van der Waals surface area contributed by atoms with Gasteiger partial charge in [0.05, 0.1) is 12.6 Å². The molecule has 1 fully saturated rings. The summed E-state index contributed by atoms with van der Waals surface area (Å²) < 4.78 is 5.47. The predicted molar refractivity (Wildman–Crippen MR) is 86.9 cm³/mol. The third-order valence-corrected chi connectivity index (χ3v) is 3.98. The van der Waals surface area contributed by atoms with Crippen molar-refractivity contribution in [3.05, 3.63) is 60.2 Å². The van der Waals surface area contributed by atoms with Crippen LogP contribution in [0.4, 0.5) is 5.69 Å². The minimum atomic E-state index is -0.624. The third-order valence-electron chi connectivity index (χ3n) is 3.98. The summed E-state index contributed by atoms with van der Waals surface area (Å²) in [6, 6.07) is 17.5. The molecule has 1 atom stereocenters. The van der Waals surface area contributed by atoms with Gasteiger partial charge in [-0.1, -0.05) is 36.4 Å². The minimum Gasteiger partial charge on any atom is -0.496 e. The van der Waals surface area contributed by atoms with Crippen LogP contribution >= 0.6 is 0 Å². The van der Waals surface area contributed by atoms with E-state index in [9.17, 15) is 4.79 Å². The molecule has 2 aromatic rings. The average molecular weight is 296 g/mol. The van der Waals surface area contributed by atoms with E-state index in [0.717, 1.165) is 17.0 Å². The maximum absolute atomic E-state index is 12.8. The summed E-state index contributed by atoms with van der Waals surface area (Å²) in [6.07, 6.45) is -0.249. The van der Waals surface area contributed by atoms with Crippen molar-refractivity contribution in [1.29, 1.82) is 0 Å². The van der Waals surface area contributed by atoms with Crippen LogP contribution in [-0.4, -0.2) is 18.6 Å². The molecule has 4 nitrogen and oxygen atoms in total. The van der Waals surface area contributed by atoms with Crippen molar-refractivity contribution < 1.29 is 9.53 Å². The van der Waals surface area contributed by atoms with Gasteiger partial charge in [0.25, 0.3) is 0 Å². The lowest BCUT2D eigenvalue weighted by atomic mass is 10.1. The van der Waals surface area contributed by atoms with Gasteiger partial charge < -0.3 is 4.74 Å². The Morgan fingerprint density at radius 1 is 1.05 bits per heavy atom. The summed E-state index contributed by atoms with van der Waals surface area (Å²) in [6.45, 7) is 3.81. The fourth-order valence-electron chi connectivity index (χ4n) is 2.85. The number of hydrogen-bond acceptors (Lipinski definition) is 3. The molecule has 1 amide bonds. The lowest BCUT2D eigenvalue weighted by molar-refractivity contribution is -0.121. The summed E-state index contributed by atoms with van der Waals surface area (Å²) in [5, 5.41) is 3.42. The Labute approximate surface area is 130 Å². The number of carbonyl (C=O) groups is 1. The molecule has 1 aliphatic rings. The normalized spacial score (nSPS) is 20.2. The van der Waals surface area contributed by atoms with E-state index in [1.807, 2.05) is 68.4 Å². The molecule has 0 radical (unpaired) electrons. The summed E-state index contributed by atoms with van der Waals surface area (Å²) in [5.74, 6) is 0.820. The van der Waals surface area contributed by atoms with E-state index < -0.39 is 5.54 Å². The predicted octanol–water partition coefficient (Wildman–Crippen LogP) is 3.11. The zero-order valence-electron chi connectivity index (χ0n) is 13.0. The van der Waals surface area contributed by atoms with Crippen LogP contribution in [0.2, 0.25) is 0 Å². The van der Waals surface area contributed by atoms with Crippen molar-refractivity contribution in [2.45, 2.75) is 25.6 Å². The van der Waals surface area contributed by atoms with E-state index in [1.165, 1.54) is 0 Å². The largest absolute Gasteiger partial charge is 0.496 e. The molecular weight excluding hydrogens is 276 g/mol. The third kappa shape index (κ3) is 2.35. The summed E-state index contributed by atoms with van der Waals surface area (Å²) in [4.78, 5) is 14.6. The maximum Gasteiger partial charge on any atom is 0.248 e. The molecule has 0 saturated carbocycles. The number of carbonyl (C=O) groups excluding carboxylic acids is 1. The second kappa shape index (κ2) is 5.46. The van der Waals surface area contributed by atoms with Crippen molar-refractivity contribution in [2.75, 3.05) is 12.0 Å². The first-order valence-electron chi connectivity index (χ1n) is 7.34. The molecule has 22 heavy (non-hydrogen) atoms. The second-order valence-corrected chi connectivity index (χ2v) is 5.92. The number of benzene rings is 2. The van der Waals surface area contributed by atoms with Gasteiger partial charge in [0, 0.05) is 11.3 Å². The van der Waals surface area contributed by atoms with Gasteiger partial charge in [0.1, 0.15) is 11.9 Å². The van der Waals surface area contributed by atoms with Crippen LogP contribution in [0.1, 0.15) is 25.6 Å². The highest BCUT2D eigenvalue weighted by atomic mass is 16.5. The zero-order valence-corrected chi connectivity index (χ0v) is 13.0. The number of methoxy groups -OCH3 is 1. The minimum absolute atomic E-state index is 0.0506. The average Bonchev–Trinajstić information content (AvgIpc) is 2.78. The van der Waals surface area contributed by atoms with E-state index in [0.29, 0.717) is 0 Å². The van der Waals surface area contributed by atoms with Crippen LogP contribution in [-0.2, 0) is 4.79 Å². The number of rotatable bonds is 3. The van der Waals surface area contributed by atoms with E-state index in [2.05, 4.69) is 5.32 Å². The maximum atomic E-state index is 12.8. The first-order valence-corrected chi connectivity index (χ1v) is 7.34. The van der Waals surface area contributed by atoms with Gasteiger partial charge in [-0.25, -0.2) is 0 Å². The number of para-hydroxylation sites is 2. The van der Waals surface area contributed by atoms with Gasteiger partial charge in [-0.2, -0.15) is 0 Å². The first-order chi connectivity index (χ1) is 10.5. The fourth-order valence-corrected chi connectivity index (χ4v) is 2.85. The second-order valence-electron chi connectivity index (χ2n) is 5.92. The first kappa shape index (κ1) is 14.6. The Balaban J connectivity index is 2.10. The lowest BCUT2D eigenvalue weighted by Gasteiger charge is -2.25. The number of hydrogen-bond donors (Lipinski definition) is 1. The van der Waals surface area contributed by atoms with Gasteiger partial charge in [-0.15, -0.1) is 0 Å². The van der Waals surface area contributed by atoms with Crippen molar-refractivity contribution in [3.8, 4) is 5.75 Å². The lowest BCUT2D eigenvalue weighted by Crippen LogP contribution is -2.40. The van der Waals surface area contributed by atoms with Gasteiger partial charge in [0.15, 0.2) is 0 Å². The van der Waals surface area contributed by atoms with Crippen LogP contribution in [0.25, 0.3) is 0 Å². The Hall–Kier alpha value is -2.33. The van der Waals surface area contributed by atoms with Crippen molar-refractivity contribution in [3.63, 3.8) is 0 Å². The molecule has 0 aromatic heterocycles. The zero-order chi connectivity index (χ0) is 15.7. The van der Waals surface area contributed by atoms with Crippen molar-refractivity contribution in [2.24, 2.45) is 0 Å². The van der Waals surface area contributed by atoms with Crippen LogP contribution in [0.5, 0.6) is 5.75 Å². The van der Waals surface area contributed by atoms with Crippen LogP contribution in [0.3, 0.4) is 0 Å². The Morgan fingerprint density at radius 3 is 2.36 bits per heavy atom. The molecule has 0 bridgehead atoms. The molecule has 2 aromatic carbocycles. The SMILES string of the molecule is COc1ccccc1C1NC(C)(C)C(=O)N1c1ccccc1. The van der Waals surface area contributed by atoms with E-state index in [-0.39, 0.29) is 12.1 Å². The molecule has 0 aliphatic carbocycles.